The number of likely N-dealkylation sites (N-methyl/N-ethyl adjacent to an activating group) is 1. The summed E-state index contributed by atoms with van der Waals surface area (Å²) in [5.41, 5.74) is 0. The van der Waals surface area contributed by atoms with Crippen molar-refractivity contribution in [2.75, 3.05) is 40.9 Å². The number of phosphoric acid groups is 1. The lowest BCUT2D eigenvalue weighted by Crippen LogP contribution is -2.47. The standard InChI is InChI=1S/C63H123N2O7P/c1-7-10-13-16-19-22-25-28-30-31-32-33-34-35-36-38-41-44-47-50-53-56-63(67)72-61(54-51-48-45-42-39-27-24-21-18-15-12-9-3)60(59-71-73(68,69)70-58-57-65(4,5)6)64-62(66)55-52-49-46-43-40-37-29-26-23-20-17-14-11-8-2/h37,40,51,54,60-61H,7-36,38-39,41-50,52-53,55-59H2,1-6H3,(H-,64,66,68,69)/b40-37-,54-51-. The van der Waals surface area contributed by atoms with E-state index < -0.39 is 20.0 Å². The molecule has 0 bridgehead atoms. The van der Waals surface area contributed by atoms with Crippen molar-refractivity contribution < 1.29 is 37.3 Å². The molecule has 0 spiro atoms. The minimum Gasteiger partial charge on any atom is -0.756 e. The van der Waals surface area contributed by atoms with Gasteiger partial charge in [-0.25, -0.2) is 0 Å². The second kappa shape index (κ2) is 53.9. The smallest absolute Gasteiger partial charge is 0.306 e. The molecule has 0 heterocycles. The van der Waals surface area contributed by atoms with Crippen molar-refractivity contribution in [1.82, 2.24) is 5.32 Å². The van der Waals surface area contributed by atoms with Gasteiger partial charge in [-0.2, -0.15) is 0 Å². The number of allylic oxidation sites excluding steroid dienone is 3. The maximum atomic E-state index is 13.5. The van der Waals surface area contributed by atoms with Gasteiger partial charge in [-0.05, 0) is 57.4 Å². The number of unbranched alkanes of at least 4 members (excludes halogenated alkanes) is 40. The Morgan fingerprint density at radius 3 is 1.18 bits per heavy atom. The molecule has 9 nitrogen and oxygen atoms in total. The molecule has 0 aliphatic rings. The Morgan fingerprint density at radius 2 is 0.795 bits per heavy atom. The number of carbonyl (C=O) groups excluding carboxylic acids is 2. The Balaban J connectivity index is 5.17. The number of amides is 1. The van der Waals surface area contributed by atoms with Gasteiger partial charge in [0.05, 0.1) is 33.8 Å². The number of nitrogens with one attached hydrogen (secondary N) is 1. The molecule has 73 heavy (non-hydrogen) atoms. The van der Waals surface area contributed by atoms with Crippen molar-refractivity contribution in [2.45, 2.75) is 328 Å². The normalized spacial score (nSPS) is 13.8. The van der Waals surface area contributed by atoms with Crippen molar-refractivity contribution in [2.24, 2.45) is 0 Å². The first kappa shape index (κ1) is 71.5. The fourth-order valence-corrected chi connectivity index (χ4v) is 10.2. The zero-order valence-electron chi connectivity index (χ0n) is 49.4. The van der Waals surface area contributed by atoms with E-state index in [1.165, 1.54) is 212 Å². The maximum Gasteiger partial charge on any atom is 0.306 e. The number of quaternary nitrogens is 1. The van der Waals surface area contributed by atoms with Crippen LogP contribution in [0.2, 0.25) is 0 Å². The molecule has 0 aromatic heterocycles. The molecule has 0 saturated carbocycles. The second-order valence-corrected chi connectivity index (χ2v) is 24.3. The molecule has 0 aromatic rings. The Hall–Kier alpha value is -1.51. The molecule has 3 unspecified atom stereocenters. The third-order valence-electron chi connectivity index (χ3n) is 14.4. The van der Waals surface area contributed by atoms with Crippen LogP contribution in [0, 0.1) is 0 Å². The van der Waals surface area contributed by atoms with Crippen molar-refractivity contribution >= 4 is 19.7 Å². The molecule has 1 N–H and O–H groups in total. The molecule has 0 rings (SSSR count). The quantitative estimate of drug-likeness (QED) is 0.0212. The molecule has 0 aromatic carbocycles. The van der Waals surface area contributed by atoms with Crippen LogP contribution in [0.15, 0.2) is 24.3 Å². The number of phosphoric ester groups is 1. The molecular weight excluding hydrogens is 928 g/mol. The average Bonchev–Trinajstić information content (AvgIpc) is 3.35. The lowest BCUT2D eigenvalue weighted by atomic mass is 10.0. The van der Waals surface area contributed by atoms with Gasteiger partial charge in [0.25, 0.3) is 7.82 Å². The lowest BCUT2D eigenvalue weighted by Gasteiger charge is -2.30. The Kier molecular flexibility index (Phi) is 52.8. The van der Waals surface area contributed by atoms with E-state index in [1.54, 1.807) is 0 Å². The van der Waals surface area contributed by atoms with Gasteiger partial charge < -0.3 is 28.5 Å². The number of esters is 1. The Morgan fingerprint density at radius 1 is 0.466 bits per heavy atom. The molecular formula is C63H123N2O7P. The van der Waals surface area contributed by atoms with Crippen LogP contribution in [0.1, 0.15) is 316 Å². The van der Waals surface area contributed by atoms with Crippen LogP contribution in [0.5, 0.6) is 0 Å². The first-order valence-electron chi connectivity index (χ1n) is 31.6. The van der Waals surface area contributed by atoms with E-state index >= 15 is 0 Å². The van der Waals surface area contributed by atoms with Gasteiger partial charge in [-0.1, -0.05) is 270 Å². The van der Waals surface area contributed by atoms with Crippen molar-refractivity contribution in [3.05, 3.63) is 24.3 Å². The highest BCUT2D eigenvalue weighted by atomic mass is 31.2. The van der Waals surface area contributed by atoms with Crippen molar-refractivity contribution in [1.29, 1.82) is 0 Å². The predicted octanol–water partition coefficient (Wildman–Crippen LogP) is 18.7. The maximum absolute atomic E-state index is 13.5. The van der Waals surface area contributed by atoms with E-state index in [4.69, 9.17) is 13.8 Å². The first-order valence-corrected chi connectivity index (χ1v) is 33.1. The van der Waals surface area contributed by atoms with Crippen LogP contribution in [0.3, 0.4) is 0 Å². The molecule has 0 aliphatic carbocycles. The second-order valence-electron chi connectivity index (χ2n) is 22.9. The monoisotopic (exact) mass is 1050 g/mol. The Bertz CT molecular complexity index is 1300. The Labute approximate surface area is 454 Å². The van der Waals surface area contributed by atoms with Gasteiger partial charge in [0.2, 0.25) is 5.91 Å². The summed E-state index contributed by atoms with van der Waals surface area (Å²) in [4.78, 5) is 39.9. The number of hydrogen-bond donors (Lipinski definition) is 1. The number of rotatable bonds is 58. The van der Waals surface area contributed by atoms with Crippen LogP contribution in [0.4, 0.5) is 0 Å². The fraction of sp³-hybridized carbons (Fsp3) is 0.905. The topological polar surface area (TPSA) is 114 Å². The van der Waals surface area contributed by atoms with Gasteiger partial charge in [0.1, 0.15) is 19.3 Å². The summed E-state index contributed by atoms with van der Waals surface area (Å²) in [6, 6.07) is -0.890. The summed E-state index contributed by atoms with van der Waals surface area (Å²) in [7, 11) is 1.19. The fourth-order valence-electron chi connectivity index (χ4n) is 9.46. The molecule has 0 saturated heterocycles. The zero-order chi connectivity index (χ0) is 53.6. The van der Waals surface area contributed by atoms with E-state index in [2.05, 4.69) is 38.2 Å². The highest BCUT2D eigenvalue weighted by Crippen LogP contribution is 2.38. The number of ether oxygens (including phenoxy) is 1. The van der Waals surface area contributed by atoms with Gasteiger partial charge in [-0.3, -0.25) is 14.2 Å². The molecule has 0 aliphatic heterocycles. The summed E-state index contributed by atoms with van der Waals surface area (Å²) < 4.78 is 30.3. The molecule has 0 radical (unpaired) electrons. The highest BCUT2D eigenvalue weighted by Gasteiger charge is 2.27. The molecule has 3 atom stereocenters. The molecule has 10 heteroatoms. The number of hydrogen-bond acceptors (Lipinski definition) is 7. The minimum absolute atomic E-state index is 0.0215. The van der Waals surface area contributed by atoms with Gasteiger partial charge in [0, 0.05) is 12.8 Å². The highest BCUT2D eigenvalue weighted by molar-refractivity contribution is 7.45. The van der Waals surface area contributed by atoms with Gasteiger partial charge >= 0.3 is 5.97 Å². The third kappa shape index (κ3) is 55.1. The van der Waals surface area contributed by atoms with E-state index in [0.29, 0.717) is 17.4 Å². The third-order valence-corrected chi connectivity index (χ3v) is 15.3. The number of carbonyl (C=O) groups is 2. The summed E-state index contributed by atoms with van der Waals surface area (Å²) in [6.07, 6.45) is 62.9. The number of nitrogens with zero attached hydrogens (tertiary/aromatic N) is 1. The van der Waals surface area contributed by atoms with Crippen LogP contribution >= 0.6 is 7.82 Å². The van der Waals surface area contributed by atoms with Crippen molar-refractivity contribution in [3.63, 3.8) is 0 Å². The first-order chi connectivity index (χ1) is 35.4. The molecule has 1 amide bonds. The van der Waals surface area contributed by atoms with Crippen LogP contribution in [-0.4, -0.2) is 69.4 Å². The van der Waals surface area contributed by atoms with E-state index in [1.807, 2.05) is 33.3 Å². The summed E-state index contributed by atoms with van der Waals surface area (Å²) >= 11 is 0. The SMILES string of the molecule is CCCCCCCCC/C=C\CCCCCC(=O)NC(COP(=O)([O-])OCC[N+](C)(C)C)C(/C=C\CCCCCCCCCCCC)OC(=O)CCCCCCCCCCCCCCCCCCCCCCC. The summed E-state index contributed by atoms with van der Waals surface area (Å²) in [5, 5.41) is 3.02. The van der Waals surface area contributed by atoms with Gasteiger partial charge in [0.15, 0.2) is 0 Å². The zero-order valence-corrected chi connectivity index (χ0v) is 50.3. The van der Waals surface area contributed by atoms with E-state index in [-0.39, 0.29) is 31.5 Å². The molecule has 432 valence electrons. The average molecular weight is 1050 g/mol. The van der Waals surface area contributed by atoms with Crippen LogP contribution in [-0.2, 0) is 27.9 Å². The van der Waals surface area contributed by atoms with E-state index in [9.17, 15) is 19.0 Å². The molecule has 0 fully saturated rings. The summed E-state index contributed by atoms with van der Waals surface area (Å²) in [6.45, 7) is 6.87. The summed E-state index contributed by atoms with van der Waals surface area (Å²) in [5.74, 6) is -0.543. The van der Waals surface area contributed by atoms with E-state index in [0.717, 1.165) is 70.6 Å². The van der Waals surface area contributed by atoms with Crippen molar-refractivity contribution in [3.8, 4) is 0 Å². The largest absolute Gasteiger partial charge is 0.756 e. The van der Waals surface area contributed by atoms with Crippen LogP contribution < -0.4 is 10.2 Å². The predicted molar refractivity (Wildman–Crippen MR) is 312 cm³/mol. The minimum atomic E-state index is -4.69. The van der Waals surface area contributed by atoms with Gasteiger partial charge in [-0.15, -0.1) is 0 Å². The lowest BCUT2D eigenvalue weighted by molar-refractivity contribution is -0.870. The van der Waals surface area contributed by atoms with Crippen LogP contribution in [0.25, 0.3) is 0 Å².